The fraction of sp³-hybridized carbons (Fsp3) is 0.632. The van der Waals surface area contributed by atoms with Gasteiger partial charge in [0.05, 0.1) is 0 Å². The first-order valence-electron chi connectivity index (χ1n) is 9.24. The number of carbonyl (C=O) groups excluding carboxylic acids is 1. The number of aromatic nitrogens is 3. The van der Waals surface area contributed by atoms with Crippen molar-refractivity contribution < 1.29 is 4.79 Å². The van der Waals surface area contributed by atoms with Gasteiger partial charge in [0.25, 0.3) is 5.56 Å². The summed E-state index contributed by atoms with van der Waals surface area (Å²) in [6, 6.07) is 1.78. The summed E-state index contributed by atoms with van der Waals surface area (Å²) in [6.45, 7) is 8.40. The third kappa shape index (κ3) is 3.62. The molecule has 2 heterocycles. The summed E-state index contributed by atoms with van der Waals surface area (Å²) in [4.78, 5) is 28.4. The van der Waals surface area contributed by atoms with Gasteiger partial charge in [0.2, 0.25) is 5.91 Å². The zero-order valence-electron chi connectivity index (χ0n) is 15.6. The lowest BCUT2D eigenvalue weighted by Gasteiger charge is -2.34. The maximum Gasteiger partial charge on any atom is 0.266 e. The summed E-state index contributed by atoms with van der Waals surface area (Å²) < 4.78 is 1.70. The molecule has 136 valence electrons. The minimum absolute atomic E-state index is 0.103. The predicted molar refractivity (Wildman–Crippen MR) is 97.7 cm³/mol. The van der Waals surface area contributed by atoms with Gasteiger partial charge in [-0.05, 0) is 44.1 Å². The number of H-pyrrole nitrogens is 1. The van der Waals surface area contributed by atoms with Crippen molar-refractivity contribution in [2.24, 2.45) is 11.8 Å². The Balaban J connectivity index is 1.68. The van der Waals surface area contributed by atoms with Crippen molar-refractivity contribution in [2.75, 3.05) is 0 Å². The molecule has 0 unspecified atom stereocenters. The van der Waals surface area contributed by atoms with Crippen LogP contribution in [0.5, 0.6) is 0 Å². The molecule has 0 bridgehead atoms. The largest absolute Gasteiger partial charge is 0.353 e. The monoisotopic (exact) mass is 344 g/mol. The molecule has 6 heteroatoms. The Hall–Kier alpha value is -2.11. The second kappa shape index (κ2) is 7.02. The minimum atomic E-state index is -0.162. The van der Waals surface area contributed by atoms with Crippen LogP contribution in [-0.2, 0) is 11.2 Å². The lowest BCUT2D eigenvalue weighted by Crippen LogP contribution is -2.43. The third-order valence-corrected chi connectivity index (χ3v) is 5.86. The number of aromatic amines is 1. The SMILES string of the molecule is Cc1nc2cc(=O)[nH]n2c(C)c1CCC(=O)N[C@@H]1CCC[C@H](C)[C@@H]1C. The lowest BCUT2D eigenvalue weighted by atomic mass is 9.78. The number of nitrogens with zero attached hydrogens (tertiary/aromatic N) is 2. The Morgan fingerprint density at radius 1 is 1.36 bits per heavy atom. The summed E-state index contributed by atoms with van der Waals surface area (Å²) in [5.41, 5.74) is 3.31. The van der Waals surface area contributed by atoms with Gasteiger partial charge < -0.3 is 5.32 Å². The number of carbonyl (C=O) groups is 1. The van der Waals surface area contributed by atoms with Crippen molar-refractivity contribution in [3.63, 3.8) is 0 Å². The zero-order chi connectivity index (χ0) is 18.1. The average Bonchev–Trinajstić information content (AvgIpc) is 2.92. The molecule has 25 heavy (non-hydrogen) atoms. The molecule has 3 rings (SSSR count). The van der Waals surface area contributed by atoms with Gasteiger partial charge >= 0.3 is 0 Å². The molecule has 1 fully saturated rings. The van der Waals surface area contributed by atoms with E-state index in [1.165, 1.54) is 18.9 Å². The van der Waals surface area contributed by atoms with Gasteiger partial charge in [-0.1, -0.05) is 26.7 Å². The number of hydrogen-bond acceptors (Lipinski definition) is 3. The first-order chi connectivity index (χ1) is 11.9. The van der Waals surface area contributed by atoms with Crippen LogP contribution in [0.1, 0.15) is 56.5 Å². The van der Waals surface area contributed by atoms with Crippen LogP contribution in [0.25, 0.3) is 5.65 Å². The molecule has 1 aliphatic rings. The molecule has 0 saturated heterocycles. The van der Waals surface area contributed by atoms with Gasteiger partial charge in [-0.15, -0.1) is 0 Å². The van der Waals surface area contributed by atoms with Crippen molar-refractivity contribution in [3.05, 3.63) is 33.4 Å². The number of rotatable bonds is 4. The number of amides is 1. The maximum absolute atomic E-state index is 12.4. The van der Waals surface area contributed by atoms with Gasteiger partial charge in [0, 0.05) is 29.9 Å². The zero-order valence-corrected chi connectivity index (χ0v) is 15.6. The average molecular weight is 344 g/mol. The quantitative estimate of drug-likeness (QED) is 0.894. The van der Waals surface area contributed by atoms with Crippen LogP contribution in [0.15, 0.2) is 10.9 Å². The molecule has 1 aliphatic carbocycles. The van der Waals surface area contributed by atoms with Gasteiger partial charge in [-0.25, -0.2) is 9.50 Å². The Bertz CT molecular complexity index is 836. The Morgan fingerprint density at radius 3 is 2.88 bits per heavy atom. The summed E-state index contributed by atoms with van der Waals surface area (Å²) in [7, 11) is 0. The molecule has 2 aromatic rings. The van der Waals surface area contributed by atoms with Crippen molar-refractivity contribution in [2.45, 2.75) is 65.8 Å². The second-order valence-corrected chi connectivity index (χ2v) is 7.52. The maximum atomic E-state index is 12.4. The van der Waals surface area contributed by atoms with Crippen molar-refractivity contribution in [3.8, 4) is 0 Å². The van der Waals surface area contributed by atoms with Crippen LogP contribution < -0.4 is 10.9 Å². The standard InChI is InChI=1S/C19H28N4O2/c1-11-6-5-7-16(12(11)2)21-18(24)9-8-15-13(3)20-17-10-19(25)22-23(17)14(15)4/h10-12,16H,5-9H2,1-4H3,(H,21,24)(H,22,25)/t11-,12-,16+/m0/s1. The van der Waals surface area contributed by atoms with Gasteiger partial charge in [0.15, 0.2) is 5.65 Å². The summed E-state index contributed by atoms with van der Waals surface area (Å²) in [6.07, 6.45) is 4.59. The second-order valence-electron chi connectivity index (χ2n) is 7.52. The highest BCUT2D eigenvalue weighted by Gasteiger charge is 2.28. The van der Waals surface area contributed by atoms with Crippen LogP contribution >= 0.6 is 0 Å². The van der Waals surface area contributed by atoms with E-state index in [9.17, 15) is 9.59 Å². The van der Waals surface area contributed by atoms with E-state index < -0.39 is 0 Å². The lowest BCUT2D eigenvalue weighted by molar-refractivity contribution is -0.122. The van der Waals surface area contributed by atoms with Crippen molar-refractivity contribution in [1.29, 1.82) is 0 Å². The molecule has 2 aromatic heterocycles. The molecule has 0 aliphatic heterocycles. The molecule has 3 atom stereocenters. The Kier molecular flexibility index (Phi) is 4.97. The van der Waals surface area contributed by atoms with E-state index in [2.05, 4.69) is 29.2 Å². The first kappa shape index (κ1) is 17.7. The normalized spacial score (nSPS) is 23.8. The molecular formula is C19H28N4O2. The van der Waals surface area contributed by atoms with Crippen LogP contribution in [0.2, 0.25) is 0 Å². The van der Waals surface area contributed by atoms with Crippen molar-refractivity contribution in [1.82, 2.24) is 19.9 Å². The number of aryl methyl sites for hydroxylation is 2. The Labute approximate surface area is 148 Å². The molecule has 1 saturated carbocycles. The van der Waals surface area contributed by atoms with Crippen LogP contribution in [0, 0.1) is 25.7 Å². The highest BCUT2D eigenvalue weighted by molar-refractivity contribution is 5.76. The molecule has 0 aromatic carbocycles. The smallest absolute Gasteiger partial charge is 0.266 e. The van der Waals surface area contributed by atoms with Crippen LogP contribution in [0.4, 0.5) is 0 Å². The van der Waals surface area contributed by atoms with E-state index in [1.54, 1.807) is 4.52 Å². The van der Waals surface area contributed by atoms with Gasteiger partial charge in [-0.2, -0.15) is 0 Å². The minimum Gasteiger partial charge on any atom is -0.353 e. The van der Waals surface area contributed by atoms with E-state index in [4.69, 9.17) is 0 Å². The van der Waals surface area contributed by atoms with Crippen LogP contribution in [-0.4, -0.2) is 26.5 Å². The Morgan fingerprint density at radius 2 is 2.12 bits per heavy atom. The van der Waals surface area contributed by atoms with Gasteiger partial charge in [-0.3, -0.25) is 14.7 Å². The van der Waals surface area contributed by atoms with Crippen LogP contribution in [0.3, 0.4) is 0 Å². The fourth-order valence-corrected chi connectivity index (χ4v) is 4.02. The molecule has 0 radical (unpaired) electrons. The van der Waals surface area contributed by atoms with Gasteiger partial charge in [0.1, 0.15) is 0 Å². The summed E-state index contributed by atoms with van der Waals surface area (Å²) >= 11 is 0. The van der Waals surface area contributed by atoms with E-state index in [0.29, 0.717) is 36.4 Å². The van der Waals surface area contributed by atoms with E-state index in [-0.39, 0.29) is 11.5 Å². The topological polar surface area (TPSA) is 79.3 Å². The summed E-state index contributed by atoms with van der Waals surface area (Å²) in [5.74, 6) is 1.30. The molecule has 6 nitrogen and oxygen atoms in total. The molecular weight excluding hydrogens is 316 g/mol. The van der Waals surface area contributed by atoms with E-state index >= 15 is 0 Å². The van der Waals surface area contributed by atoms with E-state index in [1.807, 2.05) is 13.8 Å². The number of nitrogens with one attached hydrogen (secondary N) is 2. The van der Waals surface area contributed by atoms with Crippen molar-refractivity contribution >= 4 is 11.6 Å². The summed E-state index contributed by atoms with van der Waals surface area (Å²) in [5, 5.41) is 5.98. The third-order valence-electron chi connectivity index (χ3n) is 5.86. The highest BCUT2D eigenvalue weighted by atomic mass is 16.1. The first-order valence-corrected chi connectivity index (χ1v) is 9.24. The number of hydrogen-bond donors (Lipinski definition) is 2. The highest BCUT2D eigenvalue weighted by Crippen LogP contribution is 2.29. The molecule has 2 N–H and O–H groups in total. The number of fused-ring (bicyclic) bond motifs is 1. The van der Waals surface area contributed by atoms with E-state index in [0.717, 1.165) is 23.4 Å². The molecule has 0 spiro atoms. The predicted octanol–water partition coefficient (Wildman–Crippen LogP) is 2.51. The fourth-order valence-electron chi connectivity index (χ4n) is 4.02. The molecule has 1 amide bonds.